The molecule has 0 spiro atoms. The van der Waals surface area contributed by atoms with Crippen molar-refractivity contribution in [3.63, 3.8) is 0 Å². The van der Waals surface area contributed by atoms with Gasteiger partial charge in [-0.2, -0.15) is 0 Å². The first kappa shape index (κ1) is 16.0. The lowest BCUT2D eigenvalue weighted by atomic mass is 9.94. The highest BCUT2D eigenvalue weighted by Gasteiger charge is 2.23. The Kier molecular flexibility index (Phi) is 4.95. The average molecular weight is 337 g/mol. The zero-order valence-corrected chi connectivity index (χ0v) is 13.4. The smallest absolute Gasteiger partial charge is 0.356 e. The summed E-state index contributed by atoms with van der Waals surface area (Å²) in [5.41, 5.74) is 0.368. The second-order valence-corrected chi connectivity index (χ2v) is 6.31. The molecule has 1 aliphatic rings. The number of H-pyrrole nitrogens is 1. The van der Waals surface area contributed by atoms with E-state index in [1.807, 2.05) is 0 Å². The Balaban J connectivity index is 1.66. The molecule has 3 rings (SSSR count). The van der Waals surface area contributed by atoms with Gasteiger partial charge in [-0.05, 0) is 31.2 Å². The minimum Gasteiger partial charge on any atom is -0.356 e. The fourth-order valence-corrected chi connectivity index (χ4v) is 3.20. The lowest BCUT2D eigenvalue weighted by Crippen LogP contribution is -2.34. The molecule has 0 aliphatic carbocycles. The molecule has 8 nitrogen and oxygen atoms in total. The molecule has 1 atom stereocenters. The predicted molar refractivity (Wildman–Crippen MR) is 85.5 cm³/mol. The SMILES string of the molecule is O=c1ccc2c(N3CCC(CCO[P+](=O)O)CC3)ncnc2[nH]1. The van der Waals surface area contributed by atoms with Crippen LogP contribution in [0.15, 0.2) is 23.3 Å². The number of aromatic amines is 1. The van der Waals surface area contributed by atoms with E-state index in [2.05, 4.69) is 19.9 Å². The number of aromatic nitrogens is 3. The molecule has 1 saturated heterocycles. The average Bonchev–Trinajstić information content (AvgIpc) is 2.54. The van der Waals surface area contributed by atoms with E-state index in [1.54, 1.807) is 6.07 Å². The topological polar surface area (TPSA) is 108 Å². The molecule has 1 unspecified atom stereocenters. The first-order valence-electron chi connectivity index (χ1n) is 7.51. The zero-order chi connectivity index (χ0) is 16.2. The summed E-state index contributed by atoms with van der Waals surface area (Å²) in [7, 11) is -2.50. The minimum atomic E-state index is -2.50. The van der Waals surface area contributed by atoms with Crippen molar-refractivity contribution in [1.82, 2.24) is 15.0 Å². The summed E-state index contributed by atoms with van der Waals surface area (Å²) >= 11 is 0. The van der Waals surface area contributed by atoms with E-state index in [-0.39, 0.29) is 5.56 Å². The number of hydrogen-bond donors (Lipinski definition) is 2. The number of hydrogen-bond acceptors (Lipinski definition) is 6. The van der Waals surface area contributed by atoms with E-state index in [1.165, 1.54) is 12.4 Å². The molecule has 1 aliphatic heterocycles. The molecule has 2 aromatic rings. The molecule has 1 fully saturated rings. The Morgan fingerprint density at radius 2 is 2.13 bits per heavy atom. The molecule has 0 bridgehead atoms. The van der Waals surface area contributed by atoms with Gasteiger partial charge < -0.3 is 9.88 Å². The van der Waals surface area contributed by atoms with Crippen molar-refractivity contribution >= 4 is 25.1 Å². The van der Waals surface area contributed by atoms with Crippen molar-refractivity contribution in [2.24, 2.45) is 5.92 Å². The molecule has 0 amide bonds. The van der Waals surface area contributed by atoms with Crippen molar-refractivity contribution in [2.45, 2.75) is 19.3 Å². The first-order valence-corrected chi connectivity index (χ1v) is 8.64. The Labute approximate surface area is 133 Å². The summed E-state index contributed by atoms with van der Waals surface area (Å²) in [5.74, 6) is 1.31. The predicted octanol–water partition coefficient (Wildman–Crippen LogP) is 1.59. The lowest BCUT2D eigenvalue weighted by Gasteiger charge is -2.32. The van der Waals surface area contributed by atoms with Gasteiger partial charge in [0.15, 0.2) is 0 Å². The molecule has 23 heavy (non-hydrogen) atoms. The molecule has 2 aromatic heterocycles. The van der Waals surface area contributed by atoms with Crippen LogP contribution in [-0.2, 0) is 9.09 Å². The molecular formula is C14H18N4O4P+. The van der Waals surface area contributed by atoms with Gasteiger partial charge in [0, 0.05) is 23.7 Å². The van der Waals surface area contributed by atoms with Crippen molar-refractivity contribution in [1.29, 1.82) is 0 Å². The van der Waals surface area contributed by atoms with E-state index in [9.17, 15) is 9.36 Å². The molecule has 0 aromatic carbocycles. The van der Waals surface area contributed by atoms with Crippen LogP contribution < -0.4 is 10.5 Å². The fourth-order valence-electron chi connectivity index (χ4n) is 2.94. The zero-order valence-electron chi connectivity index (χ0n) is 12.5. The number of rotatable bonds is 5. The summed E-state index contributed by atoms with van der Waals surface area (Å²) < 4.78 is 15.2. The van der Waals surface area contributed by atoms with Gasteiger partial charge >= 0.3 is 8.25 Å². The molecule has 2 N–H and O–H groups in total. The number of piperidine rings is 1. The van der Waals surface area contributed by atoms with Gasteiger partial charge in [0.2, 0.25) is 5.56 Å². The molecule has 0 saturated carbocycles. The third kappa shape index (κ3) is 3.90. The highest BCUT2D eigenvalue weighted by molar-refractivity contribution is 7.32. The summed E-state index contributed by atoms with van der Waals surface area (Å²) in [6.45, 7) is 2.01. The third-order valence-electron chi connectivity index (χ3n) is 4.15. The first-order chi connectivity index (χ1) is 11.1. The maximum atomic E-state index is 11.4. The van der Waals surface area contributed by atoms with Crippen LogP contribution in [0.4, 0.5) is 5.82 Å². The van der Waals surface area contributed by atoms with Crippen LogP contribution in [0.1, 0.15) is 19.3 Å². The van der Waals surface area contributed by atoms with Gasteiger partial charge in [-0.15, -0.1) is 9.42 Å². The normalized spacial score (nSPS) is 16.7. The monoisotopic (exact) mass is 337 g/mol. The molecule has 3 heterocycles. The van der Waals surface area contributed by atoms with E-state index >= 15 is 0 Å². The quantitative estimate of drug-likeness (QED) is 0.798. The Morgan fingerprint density at radius 1 is 1.35 bits per heavy atom. The summed E-state index contributed by atoms with van der Waals surface area (Å²) in [6, 6.07) is 3.23. The van der Waals surface area contributed by atoms with Crippen LogP contribution in [0.25, 0.3) is 11.0 Å². The standard InChI is InChI=1S/C14H17N4O4P/c19-12-2-1-11-13(17-12)15-9-16-14(11)18-6-3-10(4-7-18)5-8-22-23(20)21/h1-2,9-10H,3-8H2,(H-,15,16,17,19,20,21)/p+1. The number of nitrogens with zero attached hydrogens (tertiary/aromatic N) is 3. The maximum Gasteiger partial charge on any atom is 0.694 e. The lowest BCUT2D eigenvalue weighted by molar-refractivity contribution is 0.241. The van der Waals surface area contributed by atoms with Crippen molar-refractivity contribution < 1.29 is 14.0 Å². The van der Waals surface area contributed by atoms with Crippen LogP contribution >= 0.6 is 8.25 Å². The summed E-state index contributed by atoms with van der Waals surface area (Å²) in [6.07, 6.45) is 4.19. The molecule has 122 valence electrons. The number of pyridine rings is 1. The van der Waals surface area contributed by atoms with E-state index in [0.717, 1.165) is 43.6 Å². The van der Waals surface area contributed by atoms with Gasteiger partial charge in [0.05, 0.1) is 5.39 Å². The molecule has 0 radical (unpaired) electrons. The Bertz CT molecular complexity index is 758. The van der Waals surface area contributed by atoms with Gasteiger partial charge in [0.1, 0.15) is 24.4 Å². The largest absolute Gasteiger partial charge is 0.694 e. The van der Waals surface area contributed by atoms with Crippen LogP contribution in [-0.4, -0.2) is 39.5 Å². The van der Waals surface area contributed by atoms with E-state index in [0.29, 0.717) is 18.2 Å². The Hall–Kier alpha value is -1.89. The van der Waals surface area contributed by atoms with Crippen LogP contribution in [0.5, 0.6) is 0 Å². The van der Waals surface area contributed by atoms with Gasteiger partial charge in [0.25, 0.3) is 0 Å². The highest BCUT2D eigenvalue weighted by atomic mass is 31.1. The Morgan fingerprint density at radius 3 is 2.87 bits per heavy atom. The number of nitrogens with one attached hydrogen (secondary N) is 1. The third-order valence-corrected chi connectivity index (χ3v) is 4.55. The second-order valence-electron chi connectivity index (χ2n) is 5.57. The van der Waals surface area contributed by atoms with Crippen LogP contribution in [0, 0.1) is 5.92 Å². The van der Waals surface area contributed by atoms with E-state index in [4.69, 9.17) is 9.42 Å². The van der Waals surface area contributed by atoms with Crippen LogP contribution in [0.3, 0.4) is 0 Å². The van der Waals surface area contributed by atoms with Gasteiger partial charge in [-0.1, -0.05) is 0 Å². The molecular weight excluding hydrogens is 319 g/mol. The van der Waals surface area contributed by atoms with Crippen molar-refractivity contribution in [3.05, 3.63) is 28.8 Å². The number of anilines is 1. The van der Waals surface area contributed by atoms with Crippen molar-refractivity contribution in [2.75, 3.05) is 24.6 Å². The highest BCUT2D eigenvalue weighted by Crippen LogP contribution is 2.28. The van der Waals surface area contributed by atoms with Crippen LogP contribution in [0.2, 0.25) is 0 Å². The second kappa shape index (κ2) is 7.12. The van der Waals surface area contributed by atoms with Crippen molar-refractivity contribution in [3.8, 4) is 0 Å². The minimum absolute atomic E-state index is 0.178. The number of fused-ring (bicyclic) bond motifs is 1. The van der Waals surface area contributed by atoms with Gasteiger partial charge in [-0.3, -0.25) is 4.79 Å². The molecule has 9 heteroatoms. The summed E-state index contributed by atoms with van der Waals surface area (Å²) in [4.78, 5) is 33.4. The maximum absolute atomic E-state index is 11.4. The fraction of sp³-hybridized carbons (Fsp3) is 0.500. The summed E-state index contributed by atoms with van der Waals surface area (Å²) in [5, 5.41) is 0.839. The van der Waals surface area contributed by atoms with Gasteiger partial charge in [-0.25, -0.2) is 9.97 Å². The van der Waals surface area contributed by atoms with E-state index < -0.39 is 8.25 Å².